The molecule has 23 heavy (non-hydrogen) atoms. The molecule has 0 radical (unpaired) electrons. The fourth-order valence-electron chi connectivity index (χ4n) is 3.12. The fourth-order valence-corrected chi connectivity index (χ4v) is 3.12. The van der Waals surface area contributed by atoms with Gasteiger partial charge in [-0.05, 0) is 37.3 Å². The first-order valence-electron chi connectivity index (χ1n) is 8.48. The Morgan fingerprint density at radius 1 is 1.26 bits per heavy atom. The van der Waals surface area contributed by atoms with E-state index in [4.69, 9.17) is 9.47 Å². The molecule has 2 heterocycles. The van der Waals surface area contributed by atoms with Crippen LogP contribution in [-0.4, -0.2) is 54.9 Å². The van der Waals surface area contributed by atoms with E-state index in [0.29, 0.717) is 19.8 Å². The molecule has 0 unspecified atom stereocenters. The summed E-state index contributed by atoms with van der Waals surface area (Å²) in [7, 11) is 0. The minimum atomic E-state index is -0.220. The van der Waals surface area contributed by atoms with Crippen molar-refractivity contribution >= 4 is 6.09 Å². The highest BCUT2D eigenvalue weighted by Gasteiger charge is 2.33. The maximum absolute atomic E-state index is 12.0. The first-order valence-corrected chi connectivity index (χ1v) is 8.48. The molecule has 2 aliphatic rings. The van der Waals surface area contributed by atoms with Crippen molar-refractivity contribution in [3.63, 3.8) is 0 Å². The summed E-state index contributed by atoms with van der Waals surface area (Å²) >= 11 is 0. The quantitative estimate of drug-likeness (QED) is 0.837. The number of para-hydroxylation sites is 1. The Hall–Kier alpha value is -1.75. The summed E-state index contributed by atoms with van der Waals surface area (Å²) in [5, 5.41) is 0. The molecule has 2 aliphatic heterocycles. The van der Waals surface area contributed by atoms with Gasteiger partial charge in [0.2, 0.25) is 0 Å². The number of piperidine rings is 1. The van der Waals surface area contributed by atoms with Crippen LogP contribution in [0.15, 0.2) is 24.3 Å². The Labute approximate surface area is 138 Å². The highest BCUT2D eigenvalue weighted by molar-refractivity contribution is 5.69. The Balaban J connectivity index is 1.47. The lowest BCUT2D eigenvalue weighted by Gasteiger charge is -2.32. The number of carbonyl (C=O) groups is 1. The van der Waals surface area contributed by atoms with E-state index < -0.39 is 0 Å². The van der Waals surface area contributed by atoms with Gasteiger partial charge in [0.1, 0.15) is 12.4 Å². The number of hydrogen-bond acceptors (Lipinski definition) is 4. The zero-order valence-corrected chi connectivity index (χ0v) is 14.0. The van der Waals surface area contributed by atoms with Crippen LogP contribution in [0.1, 0.15) is 25.3 Å². The normalized spacial score (nSPS) is 23.1. The zero-order valence-electron chi connectivity index (χ0n) is 14.0. The summed E-state index contributed by atoms with van der Waals surface area (Å²) in [5.41, 5.74) is 1.09. The third kappa shape index (κ3) is 4.16. The molecule has 1 aromatic carbocycles. The molecule has 0 N–H and O–H groups in total. The van der Waals surface area contributed by atoms with Gasteiger partial charge in [-0.15, -0.1) is 0 Å². The first kappa shape index (κ1) is 16.1. The summed E-state index contributed by atoms with van der Waals surface area (Å²) in [5.74, 6) is 1.65. The van der Waals surface area contributed by atoms with Gasteiger partial charge in [0.05, 0.1) is 13.2 Å². The minimum absolute atomic E-state index is 0.189. The van der Waals surface area contributed by atoms with Gasteiger partial charge >= 0.3 is 6.09 Å². The van der Waals surface area contributed by atoms with E-state index in [9.17, 15) is 4.79 Å². The molecule has 0 spiro atoms. The molecular formula is C18H26N2O3. The summed E-state index contributed by atoms with van der Waals surface area (Å²) in [4.78, 5) is 16.2. The molecule has 1 aromatic rings. The molecule has 2 saturated heterocycles. The van der Waals surface area contributed by atoms with Crippen LogP contribution in [0, 0.1) is 12.8 Å². The molecule has 2 fully saturated rings. The lowest BCUT2D eigenvalue weighted by Crippen LogP contribution is -2.42. The summed E-state index contributed by atoms with van der Waals surface area (Å²) in [6.07, 6.45) is 2.01. The van der Waals surface area contributed by atoms with Gasteiger partial charge in [0.25, 0.3) is 0 Å². The van der Waals surface area contributed by atoms with E-state index in [0.717, 1.165) is 30.3 Å². The molecule has 126 valence electrons. The number of likely N-dealkylation sites (tertiary alicyclic amines) is 1. The summed E-state index contributed by atoms with van der Waals surface area (Å²) in [6, 6.07) is 7.89. The van der Waals surface area contributed by atoms with E-state index in [-0.39, 0.29) is 12.2 Å². The second-order valence-electron chi connectivity index (χ2n) is 6.75. The van der Waals surface area contributed by atoms with Crippen LogP contribution in [0.2, 0.25) is 0 Å². The van der Waals surface area contributed by atoms with E-state index in [2.05, 4.69) is 11.8 Å². The number of amides is 1. The first-order chi connectivity index (χ1) is 11.1. The molecule has 5 heteroatoms. The highest BCUT2D eigenvalue weighted by Crippen LogP contribution is 2.20. The van der Waals surface area contributed by atoms with Crippen LogP contribution >= 0.6 is 0 Å². The van der Waals surface area contributed by atoms with E-state index in [1.165, 1.54) is 12.8 Å². The monoisotopic (exact) mass is 318 g/mol. The SMILES string of the molecule is Cc1ccccc1OC[C@@H]1CN(CN2CCC(C)CC2)C(=O)O1. The van der Waals surface area contributed by atoms with Gasteiger partial charge in [-0.1, -0.05) is 25.1 Å². The predicted octanol–water partition coefficient (Wildman–Crippen LogP) is 2.88. The topological polar surface area (TPSA) is 42.0 Å². The number of benzene rings is 1. The van der Waals surface area contributed by atoms with Crippen molar-refractivity contribution in [3.8, 4) is 5.75 Å². The summed E-state index contributed by atoms with van der Waals surface area (Å²) in [6.45, 7) is 8.12. The standard InChI is InChI=1S/C18H26N2O3/c1-14-7-9-19(10-8-14)13-20-11-16(23-18(20)21)12-22-17-6-4-3-5-15(17)2/h3-6,14,16H,7-13H2,1-2H3/t16-/m0/s1. The maximum Gasteiger partial charge on any atom is 0.411 e. The molecule has 1 atom stereocenters. The Bertz CT molecular complexity index is 541. The van der Waals surface area contributed by atoms with Crippen molar-refractivity contribution in [1.29, 1.82) is 0 Å². The Morgan fingerprint density at radius 3 is 2.74 bits per heavy atom. The minimum Gasteiger partial charge on any atom is -0.489 e. The van der Waals surface area contributed by atoms with Crippen LogP contribution in [0.25, 0.3) is 0 Å². The van der Waals surface area contributed by atoms with Crippen molar-refractivity contribution in [2.45, 2.75) is 32.8 Å². The molecule has 3 rings (SSSR count). The lowest BCUT2D eigenvalue weighted by molar-refractivity contribution is 0.0960. The second-order valence-corrected chi connectivity index (χ2v) is 6.75. The number of ether oxygens (including phenoxy) is 2. The highest BCUT2D eigenvalue weighted by atomic mass is 16.6. The van der Waals surface area contributed by atoms with Crippen LogP contribution < -0.4 is 4.74 Å². The number of rotatable bonds is 5. The van der Waals surface area contributed by atoms with Crippen LogP contribution in [-0.2, 0) is 4.74 Å². The number of hydrogen-bond donors (Lipinski definition) is 0. The average molecular weight is 318 g/mol. The zero-order chi connectivity index (χ0) is 16.2. The van der Waals surface area contributed by atoms with E-state index in [1.54, 1.807) is 4.90 Å². The van der Waals surface area contributed by atoms with Crippen molar-refractivity contribution in [2.24, 2.45) is 5.92 Å². The smallest absolute Gasteiger partial charge is 0.411 e. The molecule has 0 aliphatic carbocycles. The Kier molecular flexibility index (Phi) is 5.06. The predicted molar refractivity (Wildman–Crippen MR) is 88.5 cm³/mol. The van der Waals surface area contributed by atoms with Gasteiger partial charge in [0.15, 0.2) is 6.10 Å². The molecule has 0 bridgehead atoms. The number of aryl methyl sites for hydroxylation is 1. The van der Waals surface area contributed by atoms with Crippen LogP contribution in [0.3, 0.4) is 0 Å². The average Bonchev–Trinajstić information content (AvgIpc) is 2.89. The van der Waals surface area contributed by atoms with Crippen molar-refractivity contribution in [3.05, 3.63) is 29.8 Å². The van der Waals surface area contributed by atoms with Crippen molar-refractivity contribution in [1.82, 2.24) is 9.80 Å². The fraction of sp³-hybridized carbons (Fsp3) is 0.611. The van der Waals surface area contributed by atoms with E-state index >= 15 is 0 Å². The lowest BCUT2D eigenvalue weighted by atomic mass is 10.00. The van der Waals surface area contributed by atoms with Gasteiger partial charge in [-0.25, -0.2) is 4.79 Å². The van der Waals surface area contributed by atoms with Gasteiger partial charge < -0.3 is 9.47 Å². The molecule has 5 nitrogen and oxygen atoms in total. The molecule has 0 saturated carbocycles. The van der Waals surface area contributed by atoms with Gasteiger partial charge in [0, 0.05) is 13.1 Å². The van der Waals surface area contributed by atoms with Crippen molar-refractivity contribution < 1.29 is 14.3 Å². The van der Waals surface area contributed by atoms with Crippen molar-refractivity contribution in [2.75, 3.05) is 32.9 Å². The largest absolute Gasteiger partial charge is 0.489 e. The number of nitrogens with zero attached hydrogens (tertiary/aromatic N) is 2. The molecule has 1 amide bonds. The van der Waals surface area contributed by atoms with Crippen LogP contribution in [0.5, 0.6) is 5.75 Å². The maximum atomic E-state index is 12.0. The van der Waals surface area contributed by atoms with Gasteiger partial charge in [-0.3, -0.25) is 9.80 Å². The number of cyclic esters (lactones) is 1. The third-order valence-electron chi connectivity index (χ3n) is 4.71. The molecule has 0 aromatic heterocycles. The molecular weight excluding hydrogens is 292 g/mol. The summed E-state index contributed by atoms with van der Waals surface area (Å²) < 4.78 is 11.2. The van der Waals surface area contributed by atoms with Gasteiger partial charge in [-0.2, -0.15) is 0 Å². The van der Waals surface area contributed by atoms with E-state index in [1.807, 2.05) is 31.2 Å². The Morgan fingerprint density at radius 2 is 2.00 bits per heavy atom. The van der Waals surface area contributed by atoms with Crippen LogP contribution in [0.4, 0.5) is 4.79 Å². The second kappa shape index (κ2) is 7.21. The number of carbonyl (C=O) groups excluding carboxylic acids is 1. The third-order valence-corrected chi connectivity index (χ3v) is 4.71.